The Hall–Kier alpha value is -2.96. The van der Waals surface area contributed by atoms with E-state index in [1.807, 2.05) is 13.0 Å². The monoisotopic (exact) mass is 417 g/mol. The second-order valence-corrected chi connectivity index (χ2v) is 6.85. The van der Waals surface area contributed by atoms with Crippen molar-refractivity contribution in [3.8, 4) is 0 Å². The van der Waals surface area contributed by atoms with Crippen molar-refractivity contribution in [1.29, 1.82) is 0 Å². The lowest BCUT2D eigenvalue weighted by atomic mass is 10.2. The van der Waals surface area contributed by atoms with Gasteiger partial charge < -0.3 is 20.4 Å². The van der Waals surface area contributed by atoms with E-state index in [0.717, 1.165) is 5.56 Å². The van der Waals surface area contributed by atoms with Gasteiger partial charge >= 0.3 is 0 Å². The maximum absolute atomic E-state index is 12.2. The zero-order chi connectivity index (χ0) is 20.1. The van der Waals surface area contributed by atoms with Gasteiger partial charge in [0.1, 0.15) is 0 Å². The summed E-state index contributed by atoms with van der Waals surface area (Å²) < 4.78 is 5.08. The van der Waals surface area contributed by atoms with Gasteiger partial charge in [-0.15, -0.1) is 0 Å². The molecular formula is C20H17Cl2N3O3. The van der Waals surface area contributed by atoms with Crippen LogP contribution in [0, 0.1) is 6.92 Å². The van der Waals surface area contributed by atoms with Crippen molar-refractivity contribution >= 4 is 52.1 Å². The molecule has 3 N–H and O–H groups in total. The molecule has 0 bridgehead atoms. The Kier molecular flexibility index (Phi) is 6.23. The molecule has 0 atom stereocenters. The van der Waals surface area contributed by atoms with Crippen LogP contribution < -0.4 is 16.0 Å². The van der Waals surface area contributed by atoms with E-state index in [4.69, 9.17) is 27.6 Å². The first-order valence-electron chi connectivity index (χ1n) is 8.36. The summed E-state index contributed by atoms with van der Waals surface area (Å²) >= 11 is 12.2. The lowest BCUT2D eigenvalue weighted by Crippen LogP contribution is -2.22. The van der Waals surface area contributed by atoms with Crippen LogP contribution >= 0.6 is 23.2 Å². The van der Waals surface area contributed by atoms with Gasteiger partial charge in [0.05, 0.1) is 34.9 Å². The van der Waals surface area contributed by atoms with Gasteiger partial charge in [-0.3, -0.25) is 9.59 Å². The first-order chi connectivity index (χ1) is 13.4. The summed E-state index contributed by atoms with van der Waals surface area (Å²) in [5, 5.41) is 9.34. The quantitative estimate of drug-likeness (QED) is 0.514. The van der Waals surface area contributed by atoms with Crippen molar-refractivity contribution in [2.24, 2.45) is 0 Å². The average molecular weight is 418 g/mol. The Labute approximate surface area is 171 Å². The first kappa shape index (κ1) is 19.8. The van der Waals surface area contributed by atoms with Crippen LogP contribution in [0.3, 0.4) is 0 Å². The van der Waals surface area contributed by atoms with Crippen LogP contribution in [0.4, 0.5) is 17.1 Å². The Morgan fingerprint density at radius 1 is 0.964 bits per heavy atom. The zero-order valence-corrected chi connectivity index (χ0v) is 16.4. The van der Waals surface area contributed by atoms with E-state index in [9.17, 15) is 9.59 Å². The molecule has 28 heavy (non-hydrogen) atoms. The molecule has 0 spiro atoms. The van der Waals surface area contributed by atoms with Crippen LogP contribution in [0.5, 0.6) is 0 Å². The summed E-state index contributed by atoms with van der Waals surface area (Å²) in [6.07, 6.45) is 1.41. The maximum atomic E-state index is 12.2. The standard InChI is InChI=1S/C20H17Cl2N3O3/c1-12-4-6-15(14(22)9-12)24-19(26)11-23-16-7-5-13(21)10-17(16)25-20(27)18-3-2-8-28-18/h2-10,23H,11H2,1H3,(H,24,26)(H,25,27). The van der Waals surface area contributed by atoms with Crippen LogP contribution in [0.25, 0.3) is 0 Å². The fraction of sp³-hybridized carbons (Fsp3) is 0.100. The molecule has 0 aliphatic heterocycles. The third-order valence-corrected chi connectivity index (χ3v) is 4.36. The zero-order valence-electron chi connectivity index (χ0n) is 14.9. The first-order valence-corrected chi connectivity index (χ1v) is 9.12. The number of hydrogen-bond acceptors (Lipinski definition) is 4. The van der Waals surface area contributed by atoms with E-state index in [-0.39, 0.29) is 18.2 Å². The van der Waals surface area contributed by atoms with E-state index in [2.05, 4.69) is 16.0 Å². The number of halogens is 2. The molecule has 0 radical (unpaired) electrons. The Morgan fingerprint density at radius 2 is 1.75 bits per heavy atom. The van der Waals surface area contributed by atoms with Crippen LogP contribution in [0.1, 0.15) is 16.1 Å². The highest BCUT2D eigenvalue weighted by atomic mass is 35.5. The molecule has 0 saturated heterocycles. The van der Waals surface area contributed by atoms with Gasteiger partial charge in [-0.2, -0.15) is 0 Å². The van der Waals surface area contributed by atoms with Crippen molar-refractivity contribution in [2.75, 3.05) is 22.5 Å². The van der Waals surface area contributed by atoms with E-state index in [1.165, 1.54) is 6.26 Å². The average Bonchev–Trinajstić information content (AvgIpc) is 3.18. The molecule has 0 saturated carbocycles. The van der Waals surface area contributed by atoms with Crippen molar-refractivity contribution in [3.63, 3.8) is 0 Å². The summed E-state index contributed by atoms with van der Waals surface area (Å²) in [6, 6.07) is 13.4. The smallest absolute Gasteiger partial charge is 0.291 e. The molecule has 8 heteroatoms. The van der Waals surface area contributed by atoms with Gasteiger partial charge in [0, 0.05) is 5.02 Å². The van der Waals surface area contributed by atoms with Crippen molar-refractivity contribution in [2.45, 2.75) is 6.92 Å². The molecular weight excluding hydrogens is 401 g/mol. The Morgan fingerprint density at radius 3 is 2.46 bits per heavy atom. The highest BCUT2D eigenvalue weighted by Gasteiger charge is 2.13. The molecule has 0 unspecified atom stereocenters. The summed E-state index contributed by atoms with van der Waals surface area (Å²) in [5.74, 6) is -0.548. The molecule has 1 heterocycles. The SMILES string of the molecule is Cc1ccc(NC(=O)CNc2ccc(Cl)cc2NC(=O)c2ccco2)c(Cl)c1. The predicted molar refractivity (Wildman–Crippen MR) is 111 cm³/mol. The van der Waals surface area contributed by atoms with E-state index >= 15 is 0 Å². The maximum Gasteiger partial charge on any atom is 0.291 e. The molecule has 144 valence electrons. The second-order valence-electron chi connectivity index (χ2n) is 6.01. The van der Waals surface area contributed by atoms with Gasteiger partial charge in [-0.25, -0.2) is 0 Å². The minimum Gasteiger partial charge on any atom is -0.459 e. The summed E-state index contributed by atoms with van der Waals surface area (Å²) in [4.78, 5) is 24.5. The highest BCUT2D eigenvalue weighted by Crippen LogP contribution is 2.27. The molecule has 0 aliphatic carbocycles. The van der Waals surface area contributed by atoms with Crippen LogP contribution in [-0.2, 0) is 4.79 Å². The van der Waals surface area contributed by atoms with Crippen molar-refractivity contribution in [1.82, 2.24) is 0 Å². The van der Waals surface area contributed by atoms with Crippen molar-refractivity contribution < 1.29 is 14.0 Å². The van der Waals surface area contributed by atoms with Crippen LogP contribution in [0.2, 0.25) is 10.0 Å². The summed E-state index contributed by atoms with van der Waals surface area (Å²) in [5.41, 5.74) is 2.49. The lowest BCUT2D eigenvalue weighted by Gasteiger charge is -2.14. The number of aryl methyl sites for hydroxylation is 1. The number of benzene rings is 2. The highest BCUT2D eigenvalue weighted by molar-refractivity contribution is 6.33. The topological polar surface area (TPSA) is 83.4 Å². The van der Waals surface area contributed by atoms with Gasteiger partial charge in [0.2, 0.25) is 5.91 Å². The fourth-order valence-corrected chi connectivity index (χ4v) is 2.91. The molecule has 1 aromatic heterocycles. The molecule has 2 aromatic carbocycles. The normalized spacial score (nSPS) is 10.4. The lowest BCUT2D eigenvalue weighted by molar-refractivity contribution is -0.114. The molecule has 0 fully saturated rings. The van der Waals surface area contributed by atoms with Gasteiger partial charge in [-0.1, -0.05) is 29.3 Å². The Bertz CT molecular complexity index is 1000. The number of carbonyl (C=O) groups excluding carboxylic acids is 2. The number of carbonyl (C=O) groups is 2. The van der Waals surface area contributed by atoms with E-state index in [0.29, 0.717) is 27.1 Å². The van der Waals surface area contributed by atoms with Gasteiger partial charge in [0.25, 0.3) is 5.91 Å². The molecule has 6 nitrogen and oxygen atoms in total. The number of rotatable bonds is 6. The van der Waals surface area contributed by atoms with Crippen LogP contribution in [-0.4, -0.2) is 18.4 Å². The Balaban J connectivity index is 1.66. The number of nitrogens with one attached hydrogen (secondary N) is 3. The van der Waals surface area contributed by atoms with E-state index in [1.54, 1.807) is 42.5 Å². The number of furan rings is 1. The number of anilines is 3. The second kappa shape index (κ2) is 8.82. The molecule has 3 aromatic rings. The van der Waals surface area contributed by atoms with E-state index < -0.39 is 5.91 Å². The number of amides is 2. The largest absolute Gasteiger partial charge is 0.459 e. The molecule has 3 rings (SSSR count). The molecule has 0 aliphatic rings. The van der Waals surface area contributed by atoms with Gasteiger partial charge in [0.15, 0.2) is 5.76 Å². The fourth-order valence-electron chi connectivity index (χ4n) is 2.46. The minimum atomic E-state index is -0.425. The number of hydrogen-bond donors (Lipinski definition) is 3. The summed E-state index contributed by atoms with van der Waals surface area (Å²) in [7, 11) is 0. The molecule has 2 amide bonds. The third-order valence-electron chi connectivity index (χ3n) is 3.81. The van der Waals surface area contributed by atoms with Crippen molar-refractivity contribution in [3.05, 3.63) is 76.2 Å². The minimum absolute atomic E-state index is 0.0323. The van der Waals surface area contributed by atoms with Gasteiger partial charge in [-0.05, 0) is 55.0 Å². The predicted octanol–water partition coefficient (Wildman–Crippen LogP) is 5.20. The van der Waals surface area contributed by atoms with Crippen LogP contribution in [0.15, 0.2) is 59.2 Å². The third kappa shape index (κ3) is 5.06. The summed E-state index contributed by atoms with van der Waals surface area (Å²) in [6.45, 7) is 1.88.